The molecule has 2 rings (SSSR count). The zero-order valence-electron chi connectivity index (χ0n) is 9.61. The molecule has 2 atom stereocenters. The fourth-order valence-corrected chi connectivity index (χ4v) is 2.23. The van der Waals surface area contributed by atoms with Crippen molar-refractivity contribution in [3.63, 3.8) is 0 Å². The molecular weight excluding hydrogens is 202 g/mol. The highest BCUT2D eigenvalue weighted by Gasteiger charge is 2.21. The Morgan fingerprint density at radius 1 is 1.38 bits per heavy atom. The molecule has 2 unspecified atom stereocenters. The number of nitrogens with one attached hydrogen (secondary N) is 2. The first kappa shape index (κ1) is 11.1. The van der Waals surface area contributed by atoms with E-state index in [9.17, 15) is 0 Å². The first-order valence-corrected chi connectivity index (χ1v) is 5.86. The predicted molar refractivity (Wildman–Crippen MR) is 64.9 cm³/mol. The molecule has 5 nitrogen and oxygen atoms in total. The van der Waals surface area contributed by atoms with Gasteiger partial charge in [0.2, 0.25) is 5.95 Å². The number of aromatic nitrogens is 2. The molecule has 0 radical (unpaired) electrons. The second-order valence-corrected chi connectivity index (χ2v) is 4.42. The third-order valence-corrected chi connectivity index (χ3v) is 3.23. The molecule has 0 aliphatic heterocycles. The summed E-state index contributed by atoms with van der Waals surface area (Å²) in [5.41, 5.74) is 2.45. The van der Waals surface area contributed by atoms with E-state index < -0.39 is 0 Å². The number of hydrogen-bond acceptors (Lipinski definition) is 5. The molecule has 1 fully saturated rings. The van der Waals surface area contributed by atoms with Crippen molar-refractivity contribution in [3.8, 4) is 0 Å². The summed E-state index contributed by atoms with van der Waals surface area (Å²) in [6.07, 6.45) is 6.87. The summed E-state index contributed by atoms with van der Waals surface area (Å²) in [5.74, 6) is 7.28. The number of nitrogens with two attached hydrogens (primary N) is 1. The van der Waals surface area contributed by atoms with E-state index in [1.54, 1.807) is 6.20 Å². The van der Waals surface area contributed by atoms with Gasteiger partial charge in [0.05, 0.1) is 0 Å². The van der Waals surface area contributed by atoms with Gasteiger partial charge in [0.25, 0.3) is 0 Å². The maximum absolute atomic E-state index is 5.28. The summed E-state index contributed by atoms with van der Waals surface area (Å²) in [5, 5.41) is 3.46. The summed E-state index contributed by atoms with van der Waals surface area (Å²) < 4.78 is 0. The van der Waals surface area contributed by atoms with Gasteiger partial charge in [-0.2, -0.15) is 4.98 Å². The normalized spacial score (nSPS) is 25.1. The molecule has 1 heterocycles. The molecule has 16 heavy (non-hydrogen) atoms. The van der Waals surface area contributed by atoms with Gasteiger partial charge < -0.3 is 5.32 Å². The summed E-state index contributed by atoms with van der Waals surface area (Å²) in [4.78, 5) is 8.24. The van der Waals surface area contributed by atoms with Crippen LogP contribution in [0.2, 0.25) is 0 Å². The zero-order chi connectivity index (χ0) is 11.4. The molecule has 88 valence electrons. The molecule has 1 aromatic rings. The molecule has 0 bridgehead atoms. The first-order valence-electron chi connectivity index (χ1n) is 5.86. The van der Waals surface area contributed by atoms with Crippen LogP contribution in [0, 0.1) is 5.92 Å². The Morgan fingerprint density at radius 3 is 2.94 bits per heavy atom. The van der Waals surface area contributed by atoms with Gasteiger partial charge in [0.1, 0.15) is 5.82 Å². The van der Waals surface area contributed by atoms with Crippen LogP contribution in [0.15, 0.2) is 12.3 Å². The SMILES string of the molecule is CC1CCCCC1Nc1ccnc(NN)n1. The Morgan fingerprint density at radius 2 is 2.19 bits per heavy atom. The fourth-order valence-electron chi connectivity index (χ4n) is 2.23. The van der Waals surface area contributed by atoms with Gasteiger partial charge in [0, 0.05) is 12.2 Å². The van der Waals surface area contributed by atoms with Crippen LogP contribution in [0.5, 0.6) is 0 Å². The number of hydrazine groups is 1. The van der Waals surface area contributed by atoms with Gasteiger partial charge in [-0.15, -0.1) is 0 Å². The lowest BCUT2D eigenvalue weighted by molar-refractivity contribution is 0.349. The average molecular weight is 221 g/mol. The average Bonchev–Trinajstić information content (AvgIpc) is 2.32. The third-order valence-electron chi connectivity index (χ3n) is 3.23. The lowest BCUT2D eigenvalue weighted by Crippen LogP contribution is -2.30. The van der Waals surface area contributed by atoms with Crippen LogP contribution in [0.25, 0.3) is 0 Å². The van der Waals surface area contributed by atoms with E-state index in [-0.39, 0.29) is 0 Å². The van der Waals surface area contributed by atoms with Crippen molar-refractivity contribution in [2.24, 2.45) is 11.8 Å². The number of nitrogen functional groups attached to an aromatic ring is 1. The standard InChI is InChI=1S/C11H19N5/c1-8-4-2-3-5-9(8)14-10-6-7-13-11(15-10)16-12/h6-9H,2-5,12H2,1H3,(H2,13,14,15,16). The van der Waals surface area contributed by atoms with Crippen LogP contribution in [-0.4, -0.2) is 16.0 Å². The molecule has 1 aromatic heterocycles. The number of hydrogen-bond donors (Lipinski definition) is 3. The second-order valence-electron chi connectivity index (χ2n) is 4.42. The van der Waals surface area contributed by atoms with Gasteiger partial charge in [-0.1, -0.05) is 19.8 Å². The van der Waals surface area contributed by atoms with E-state index in [2.05, 4.69) is 27.6 Å². The maximum Gasteiger partial charge on any atom is 0.239 e. The zero-order valence-corrected chi connectivity index (χ0v) is 9.61. The summed E-state index contributed by atoms with van der Waals surface area (Å²) >= 11 is 0. The van der Waals surface area contributed by atoms with Crippen molar-refractivity contribution in [2.45, 2.75) is 38.6 Å². The Hall–Kier alpha value is -1.36. The van der Waals surface area contributed by atoms with Crippen molar-refractivity contribution in [2.75, 3.05) is 10.7 Å². The van der Waals surface area contributed by atoms with E-state index in [1.165, 1.54) is 25.7 Å². The van der Waals surface area contributed by atoms with E-state index in [0.29, 0.717) is 17.9 Å². The molecule has 1 aliphatic carbocycles. The molecule has 0 spiro atoms. The minimum atomic E-state index is 0.452. The van der Waals surface area contributed by atoms with Crippen molar-refractivity contribution in [1.82, 2.24) is 9.97 Å². The van der Waals surface area contributed by atoms with Gasteiger partial charge in [0.15, 0.2) is 0 Å². The Labute approximate surface area is 95.8 Å². The minimum Gasteiger partial charge on any atom is -0.367 e. The smallest absolute Gasteiger partial charge is 0.239 e. The van der Waals surface area contributed by atoms with Crippen molar-refractivity contribution in [3.05, 3.63) is 12.3 Å². The highest BCUT2D eigenvalue weighted by molar-refractivity contribution is 5.39. The van der Waals surface area contributed by atoms with Crippen LogP contribution in [0.4, 0.5) is 11.8 Å². The van der Waals surface area contributed by atoms with Crippen LogP contribution >= 0.6 is 0 Å². The fraction of sp³-hybridized carbons (Fsp3) is 0.636. The highest BCUT2D eigenvalue weighted by atomic mass is 15.3. The molecule has 4 N–H and O–H groups in total. The number of anilines is 2. The number of rotatable bonds is 3. The van der Waals surface area contributed by atoms with E-state index >= 15 is 0 Å². The Kier molecular flexibility index (Phi) is 3.56. The molecular formula is C11H19N5. The minimum absolute atomic E-state index is 0.452. The van der Waals surface area contributed by atoms with Gasteiger partial charge in [-0.05, 0) is 24.8 Å². The second kappa shape index (κ2) is 5.12. The summed E-state index contributed by atoms with van der Waals surface area (Å²) in [6.45, 7) is 2.29. The largest absolute Gasteiger partial charge is 0.367 e. The van der Waals surface area contributed by atoms with Gasteiger partial charge >= 0.3 is 0 Å². The van der Waals surface area contributed by atoms with Crippen LogP contribution in [0.1, 0.15) is 32.6 Å². The molecule has 0 aromatic carbocycles. The molecule has 1 saturated carbocycles. The molecule has 0 amide bonds. The monoisotopic (exact) mass is 221 g/mol. The van der Waals surface area contributed by atoms with Crippen LogP contribution in [0.3, 0.4) is 0 Å². The van der Waals surface area contributed by atoms with Crippen molar-refractivity contribution < 1.29 is 0 Å². The lowest BCUT2D eigenvalue weighted by atomic mass is 9.86. The first-order chi connectivity index (χ1) is 7.79. The van der Waals surface area contributed by atoms with Gasteiger partial charge in [-0.25, -0.2) is 10.8 Å². The quantitative estimate of drug-likeness (QED) is 0.535. The Balaban J connectivity index is 2.01. The summed E-state index contributed by atoms with van der Waals surface area (Å²) in [7, 11) is 0. The Bertz CT molecular complexity index is 341. The lowest BCUT2D eigenvalue weighted by Gasteiger charge is -2.29. The van der Waals surface area contributed by atoms with E-state index in [1.807, 2.05) is 6.07 Å². The molecule has 0 saturated heterocycles. The highest BCUT2D eigenvalue weighted by Crippen LogP contribution is 2.26. The molecule has 1 aliphatic rings. The molecule has 5 heteroatoms. The van der Waals surface area contributed by atoms with Crippen LogP contribution in [-0.2, 0) is 0 Å². The maximum atomic E-state index is 5.28. The van der Waals surface area contributed by atoms with E-state index in [0.717, 1.165) is 5.82 Å². The van der Waals surface area contributed by atoms with Crippen molar-refractivity contribution in [1.29, 1.82) is 0 Å². The summed E-state index contributed by atoms with van der Waals surface area (Å²) in [6, 6.07) is 2.40. The van der Waals surface area contributed by atoms with Gasteiger partial charge in [-0.3, -0.25) is 5.43 Å². The topological polar surface area (TPSA) is 75.9 Å². The van der Waals surface area contributed by atoms with Crippen LogP contribution < -0.4 is 16.6 Å². The predicted octanol–water partition coefficient (Wildman–Crippen LogP) is 1.75. The van der Waals surface area contributed by atoms with E-state index in [4.69, 9.17) is 5.84 Å². The third kappa shape index (κ3) is 2.61. The number of nitrogens with zero attached hydrogens (tertiary/aromatic N) is 2. The van der Waals surface area contributed by atoms with Crippen molar-refractivity contribution >= 4 is 11.8 Å².